The average molecular weight is 180 g/mol. The van der Waals surface area contributed by atoms with Crippen molar-refractivity contribution in [3.63, 3.8) is 0 Å². The molecule has 0 unspecified atom stereocenters. The Kier molecular flexibility index (Phi) is 3.49. The Morgan fingerprint density at radius 3 is 2.69 bits per heavy atom. The summed E-state index contributed by atoms with van der Waals surface area (Å²) in [6.45, 7) is 3.85. The summed E-state index contributed by atoms with van der Waals surface area (Å²) in [5.74, 6) is 0.470. The number of para-hydroxylation sites is 1. The third-order valence-electron chi connectivity index (χ3n) is 1.55. The molecule has 0 aliphatic rings. The molecule has 1 rings (SSSR count). The molecule has 0 aliphatic carbocycles. The Bertz CT molecular complexity index is 281. The van der Waals surface area contributed by atoms with Gasteiger partial charge in [0, 0.05) is 5.56 Å². The lowest BCUT2D eigenvalue weighted by atomic mass is 10.2. The fourth-order valence-electron chi connectivity index (χ4n) is 0.974. The standard InChI is InChI=1S/C10H12O3/c1-2-7-13-9-6-4-3-5-8(9)10(11)12/h2-6,10-12H,1,7H2. The van der Waals surface area contributed by atoms with Crippen LogP contribution in [0.5, 0.6) is 5.75 Å². The molecule has 70 valence electrons. The molecule has 0 heterocycles. The predicted molar refractivity (Wildman–Crippen MR) is 49.3 cm³/mol. The summed E-state index contributed by atoms with van der Waals surface area (Å²) in [7, 11) is 0. The maximum absolute atomic E-state index is 8.95. The summed E-state index contributed by atoms with van der Waals surface area (Å²) in [6, 6.07) is 6.77. The van der Waals surface area contributed by atoms with Gasteiger partial charge in [-0.2, -0.15) is 0 Å². The fourth-order valence-corrected chi connectivity index (χ4v) is 0.974. The minimum Gasteiger partial charge on any atom is -0.489 e. The second-order valence-corrected chi connectivity index (χ2v) is 2.51. The molecule has 13 heavy (non-hydrogen) atoms. The van der Waals surface area contributed by atoms with Crippen molar-refractivity contribution in [3.05, 3.63) is 42.5 Å². The Balaban J connectivity index is 2.84. The number of ether oxygens (including phenoxy) is 1. The van der Waals surface area contributed by atoms with Crippen LogP contribution in [-0.2, 0) is 0 Å². The van der Waals surface area contributed by atoms with Crippen LogP contribution in [0.3, 0.4) is 0 Å². The highest BCUT2D eigenvalue weighted by Crippen LogP contribution is 2.22. The van der Waals surface area contributed by atoms with E-state index in [1.54, 1.807) is 30.3 Å². The van der Waals surface area contributed by atoms with Crippen molar-refractivity contribution in [2.45, 2.75) is 6.29 Å². The Morgan fingerprint density at radius 2 is 2.08 bits per heavy atom. The third kappa shape index (κ3) is 2.57. The zero-order valence-corrected chi connectivity index (χ0v) is 7.18. The molecule has 2 N–H and O–H groups in total. The largest absolute Gasteiger partial charge is 0.489 e. The van der Waals surface area contributed by atoms with Crippen LogP contribution in [0.1, 0.15) is 11.9 Å². The maximum atomic E-state index is 8.95. The molecular formula is C10H12O3. The zero-order valence-electron chi connectivity index (χ0n) is 7.18. The van der Waals surface area contributed by atoms with Gasteiger partial charge in [-0.15, -0.1) is 0 Å². The van der Waals surface area contributed by atoms with Gasteiger partial charge in [-0.25, -0.2) is 0 Å². The Hall–Kier alpha value is -1.32. The Morgan fingerprint density at radius 1 is 1.38 bits per heavy atom. The molecule has 1 aromatic carbocycles. The number of rotatable bonds is 4. The van der Waals surface area contributed by atoms with Gasteiger partial charge >= 0.3 is 0 Å². The van der Waals surface area contributed by atoms with Gasteiger partial charge in [0.25, 0.3) is 0 Å². The summed E-state index contributed by atoms with van der Waals surface area (Å²) in [5.41, 5.74) is 0.365. The first-order valence-electron chi connectivity index (χ1n) is 3.94. The molecule has 0 saturated heterocycles. The first-order chi connectivity index (χ1) is 6.25. The molecule has 0 aromatic heterocycles. The molecule has 0 aliphatic heterocycles. The van der Waals surface area contributed by atoms with Crippen molar-refractivity contribution in [1.82, 2.24) is 0 Å². The van der Waals surface area contributed by atoms with Gasteiger partial charge in [-0.05, 0) is 6.07 Å². The van der Waals surface area contributed by atoms with Crippen LogP contribution in [0.15, 0.2) is 36.9 Å². The van der Waals surface area contributed by atoms with E-state index in [0.717, 1.165) is 0 Å². The quantitative estimate of drug-likeness (QED) is 0.541. The van der Waals surface area contributed by atoms with Gasteiger partial charge < -0.3 is 14.9 Å². The summed E-state index contributed by atoms with van der Waals surface area (Å²) in [6.07, 6.45) is 0.0987. The highest BCUT2D eigenvalue weighted by molar-refractivity contribution is 5.34. The molecule has 0 amide bonds. The smallest absolute Gasteiger partial charge is 0.182 e. The second-order valence-electron chi connectivity index (χ2n) is 2.51. The average Bonchev–Trinajstić information content (AvgIpc) is 2.15. The van der Waals surface area contributed by atoms with E-state index in [2.05, 4.69) is 6.58 Å². The van der Waals surface area contributed by atoms with Gasteiger partial charge in [0.15, 0.2) is 6.29 Å². The van der Waals surface area contributed by atoms with E-state index in [1.165, 1.54) is 0 Å². The van der Waals surface area contributed by atoms with E-state index >= 15 is 0 Å². The van der Waals surface area contributed by atoms with Crippen LogP contribution in [0, 0.1) is 0 Å². The lowest BCUT2D eigenvalue weighted by Crippen LogP contribution is -2.01. The van der Waals surface area contributed by atoms with Crippen LogP contribution < -0.4 is 4.74 Å². The van der Waals surface area contributed by atoms with E-state index in [-0.39, 0.29) is 0 Å². The van der Waals surface area contributed by atoms with Crippen LogP contribution >= 0.6 is 0 Å². The molecule has 0 saturated carbocycles. The maximum Gasteiger partial charge on any atom is 0.182 e. The molecule has 0 radical (unpaired) electrons. The van der Waals surface area contributed by atoms with Gasteiger partial charge in [0.2, 0.25) is 0 Å². The van der Waals surface area contributed by atoms with E-state index in [1.807, 2.05) is 0 Å². The van der Waals surface area contributed by atoms with Crippen molar-refractivity contribution in [3.8, 4) is 5.75 Å². The molecular weight excluding hydrogens is 168 g/mol. The normalized spacial score (nSPS) is 10.1. The fraction of sp³-hybridized carbons (Fsp3) is 0.200. The van der Waals surface area contributed by atoms with E-state index in [9.17, 15) is 0 Å². The van der Waals surface area contributed by atoms with Gasteiger partial charge in [-0.3, -0.25) is 0 Å². The van der Waals surface area contributed by atoms with Gasteiger partial charge in [0.05, 0.1) is 0 Å². The van der Waals surface area contributed by atoms with Crippen molar-refractivity contribution in [1.29, 1.82) is 0 Å². The minimum atomic E-state index is -1.50. The molecule has 3 nitrogen and oxygen atoms in total. The van der Waals surface area contributed by atoms with E-state index in [0.29, 0.717) is 17.9 Å². The molecule has 1 aromatic rings. The molecule has 0 bridgehead atoms. The number of benzene rings is 1. The molecule has 0 fully saturated rings. The topological polar surface area (TPSA) is 49.7 Å². The van der Waals surface area contributed by atoms with Crippen molar-refractivity contribution in [2.75, 3.05) is 6.61 Å². The van der Waals surface area contributed by atoms with Crippen LogP contribution in [0.2, 0.25) is 0 Å². The monoisotopic (exact) mass is 180 g/mol. The highest BCUT2D eigenvalue weighted by Gasteiger charge is 2.08. The van der Waals surface area contributed by atoms with Crippen molar-refractivity contribution < 1.29 is 14.9 Å². The minimum absolute atomic E-state index is 0.351. The number of aliphatic hydroxyl groups excluding tert-OH is 1. The van der Waals surface area contributed by atoms with Crippen molar-refractivity contribution >= 4 is 0 Å². The number of aliphatic hydroxyl groups is 2. The van der Waals surface area contributed by atoms with Gasteiger partial charge in [-0.1, -0.05) is 30.9 Å². The van der Waals surface area contributed by atoms with Crippen LogP contribution in [0.25, 0.3) is 0 Å². The van der Waals surface area contributed by atoms with E-state index in [4.69, 9.17) is 14.9 Å². The second kappa shape index (κ2) is 4.64. The first-order valence-corrected chi connectivity index (χ1v) is 3.94. The lowest BCUT2D eigenvalue weighted by Gasteiger charge is -2.10. The Labute approximate surface area is 76.9 Å². The molecule has 0 atom stereocenters. The molecule has 3 heteroatoms. The number of hydrogen-bond donors (Lipinski definition) is 2. The van der Waals surface area contributed by atoms with Gasteiger partial charge in [0.1, 0.15) is 12.4 Å². The van der Waals surface area contributed by atoms with E-state index < -0.39 is 6.29 Å². The number of hydrogen-bond acceptors (Lipinski definition) is 3. The summed E-state index contributed by atoms with van der Waals surface area (Å²) >= 11 is 0. The predicted octanol–water partition coefficient (Wildman–Crippen LogP) is 1.23. The summed E-state index contributed by atoms with van der Waals surface area (Å²) < 4.78 is 5.21. The van der Waals surface area contributed by atoms with Crippen LogP contribution in [0.4, 0.5) is 0 Å². The summed E-state index contributed by atoms with van der Waals surface area (Å²) in [5, 5.41) is 17.9. The first kappa shape index (κ1) is 9.77. The van der Waals surface area contributed by atoms with Crippen molar-refractivity contribution in [2.24, 2.45) is 0 Å². The SMILES string of the molecule is C=CCOc1ccccc1C(O)O. The zero-order chi connectivity index (χ0) is 9.68. The summed E-state index contributed by atoms with van der Waals surface area (Å²) in [4.78, 5) is 0. The highest BCUT2D eigenvalue weighted by atomic mass is 16.5. The molecule has 0 spiro atoms. The third-order valence-corrected chi connectivity index (χ3v) is 1.55. The van der Waals surface area contributed by atoms with Crippen LogP contribution in [-0.4, -0.2) is 16.8 Å². The lowest BCUT2D eigenvalue weighted by molar-refractivity contribution is -0.0440.